The highest BCUT2D eigenvalue weighted by atomic mass is 16.4. The predicted octanol–water partition coefficient (Wildman–Crippen LogP) is -0.255. The van der Waals surface area contributed by atoms with E-state index in [4.69, 9.17) is 16.6 Å². The van der Waals surface area contributed by atoms with Crippen molar-refractivity contribution in [2.45, 2.75) is 76.5 Å². The lowest BCUT2D eigenvalue weighted by Crippen LogP contribution is -2.58. The second kappa shape index (κ2) is 16.3. The number of aliphatic carboxylic acids is 2. The fraction of sp³-hybridized carbons (Fsp3) is 0.560. The number of hydrogen-bond donors (Lipinski definition) is 7. The quantitative estimate of drug-likeness (QED) is 0.134. The van der Waals surface area contributed by atoms with E-state index in [0.29, 0.717) is 24.9 Å². The lowest BCUT2D eigenvalue weighted by molar-refractivity contribution is -0.143. The zero-order valence-electron chi connectivity index (χ0n) is 21.3. The van der Waals surface area contributed by atoms with Gasteiger partial charge in [0.05, 0.1) is 6.04 Å². The fourth-order valence-electron chi connectivity index (χ4n) is 3.55. The molecule has 206 valence electrons. The Balaban J connectivity index is 3.04. The number of carbonyl (C=O) groups is 5. The van der Waals surface area contributed by atoms with E-state index in [1.54, 1.807) is 44.2 Å². The van der Waals surface area contributed by atoms with Crippen molar-refractivity contribution in [3.63, 3.8) is 0 Å². The van der Waals surface area contributed by atoms with E-state index in [1.165, 1.54) is 0 Å². The van der Waals surface area contributed by atoms with E-state index in [2.05, 4.69) is 16.0 Å². The first-order chi connectivity index (χ1) is 17.5. The van der Waals surface area contributed by atoms with Crippen molar-refractivity contribution in [3.05, 3.63) is 35.9 Å². The number of amides is 3. The molecule has 3 amide bonds. The summed E-state index contributed by atoms with van der Waals surface area (Å²) in [5, 5.41) is 25.9. The number of rotatable bonds is 17. The first-order valence-corrected chi connectivity index (χ1v) is 12.3. The van der Waals surface area contributed by atoms with Gasteiger partial charge in [-0.25, -0.2) is 4.79 Å². The molecule has 0 aromatic heterocycles. The average Bonchev–Trinajstić information content (AvgIpc) is 2.84. The third-order valence-electron chi connectivity index (χ3n) is 5.73. The Morgan fingerprint density at radius 3 is 2.00 bits per heavy atom. The molecule has 1 rings (SSSR count). The molecule has 0 spiro atoms. The molecule has 12 heteroatoms. The molecule has 9 N–H and O–H groups in total. The summed E-state index contributed by atoms with van der Waals surface area (Å²) in [6.45, 7) is 3.93. The summed E-state index contributed by atoms with van der Waals surface area (Å²) in [7, 11) is 0. The Bertz CT molecular complexity index is 910. The molecular formula is C25H39N5O7. The molecule has 0 saturated carbocycles. The van der Waals surface area contributed by atoms with Crippen LogP contribution in [0.1, 0.15) is 51.5 Å². The number of nitrogens with one attached hydrogen (secondary N) is 3. The van der Waals surface area contributed by atoms with Crippen LogP contribution in [-0.2, 0) is 30.4 Å². The first kappa shape index (κ1) is 31.5. The van der Waals surface area contributed by atoms with Crippen molar-refractivity contribution in [3.8, 4) is 0 Å². The van der Waals surface area contributed by atoms with Crippen LogP contribution >= 0.6 is 0 Å². The molecule has 0 heterocycles. The summed E-state index contributed by atoms with van der Waals surface area (Å²) in [5.41, 5.74) is 12.1. The molecule has 0 saturated heterocycles. The summed E-state index contributed by atoms with van der Waals surface area (Å²) in [5.74, 6) is -4.87. The van der Waals surface area contributed by atoms with Gasteiger partial charge in [0.15, 0.2) is 0 Å². The Morgan fingerprint density at radius 1 is 0.838 bits per heavy atom. The van der Waals surface area contributed by atoms with E-state index < -0.39 is 60.2 Å². The number of carboxylic acids is 2. The molecule has 0 aliphatic rings. The van der Waals surface area contributed by atoms with Crippen molar-refractivity contribution >= 4 is 29.7 Å². The SMILES string of the molecule is CC(C)C(NC(=O)C(N)CCCCN)C(=O)NC(Cc1ccccc1)C(=O)NC(CCC(=O)O)C(=O)O. The van der Waals surface area contributed by atoms with E-state index >= 15 is 0 Å². The minimum atomic E-state index is -1.45. The monoisotopic (exact) mass is 521 g/mol. The van der Waals surface area contributed by atoms with Gasteiger partial charge in [-0.2, -0.15) is 0 Å². The second-order valence-electron chi connectivity index (χ2n) is 9.20. The number of carboxylic acid groups (broad SMARTS) is 2. The van der Waals surface area contributed by atoms with Crippen molar-refractivity contribution in [2.75, 3.05) is 6.54 Å². The van der Waals surface area contributed by atoms with Gasteiger partial charge in [0.25, 0.3) is 0 Å². The molecule has 1 aromatic rings. The number of unbranched alkanes of at least 4 members (excludes halogenated alkanes) is 1. The molecule has 0 aliphatic carbocycles. The van der Waals surface area contributed by atoms with Crippen LogP contribution < -0.4 is 27.4 Å². The van der Waals surface area contributed by atoms with Gasteiger partial charge in [-0.1, -0.05) is 50.6 Å². The van der Waals surface area contributed by atoms with Gasteiger partial charge in [0, 0.05) is 12.8 Å². The highest BCUT2D eigenvalue weighted by Gasteiger charge is 2.32. The van der Waals surface area contributed by atoms with Crippen molar-refractivity contribution in [1.82, 2.24) is 16.0 Å². The Kier molecular flexibility index (Phi) is 13.9. The van der Waals surface area contributed by atoms with Crippen molar-refractivity contribution < 1.29 is 34.2 Å². The smallest absolute Gasteiger partial charge is 0.326 e. The van der Waals surface area contributed by atoms with Gasteiger partial charge in [-0.05, 0) is 37.3 Å². The molecule has 4 unspecified atom stereocenters. The standard InChI is InChI=1S/C25H39N5O7/c1-15(2)21(30-22(33)17(27)10-6-7-13-26)24(35)29-19(14-16-8-4-3-5-9-16)23(34)28-18(25(36)37)11-12-20(31)32/h3-5,8-9,15,17-19,21H,6-7,10-14,26-27H2,1-2H3,(H,28,34)(H,29,35)(H,30,33)(H,31,32)(H,36,37). The van der Waals surface area contributed by atoms with E-state index in [1.807, 2.05) is 0 Å². The van der Waals surface area contributed by atoms with Gasteiger partial charge in [0.1, 0.15) is 18.1 Å². The van der Waals surface area contributed by atoms with Gasteiger partial charge in [0.2, 0.25) is 17.7 Å². The van der Waals surface area contributed by atoms with Crippen molar-refractivity contribution in [2.24, 2.45) is 17.4 Å². The molecule has 0 aliphatic heterocycles. The van der Waals surface area contributed by atoms with Gasteiger partial charge in [-0.15, -0.1) is 0 Å². The third-order valence-corrected chi connectivity index (χ3v) is 5.73. The molecule has 1 aromatic carbocycles. The second-order valence-corrected chi connectivity index (χ2v) is 9.20. The summed E-state index contributed by atoms with van der Waals surface area (Å²) >= 11 is 0. The molecule has 0 bridgehead atoms. The maximum absolute atomic E-state index is 13.2. The summed E-state index contributed by atoms with van der Waals surface area (Å²) < 4.78 is 0. The largest absolute Gasteiger partial charge is 0.481 e. The topological polar surface area (TPSA) is 214 Å². The number of nitrogens with two attached hydrogens (primary N) is 2. The molecule has 12 nitrogen and oxygen atoms in total. The lowest BCUT2D eigenvalue weighted by atomic mass is 10.00. The normalized spacial score (nSPS) is 14.2. The van der Waals surface area contributed by atoms with E-state index in [-0.39, 0.29) is 18.8 Å². The van der Waals surface area contributed by atoms with Gasteiger partial charge >= 0.3 is 11.9 Å². The highest BCUT2D eigenvalue weighted by Crippen LogP contribution is 2.09. The van der Waals surface area contributed by atoms with E-state index in [9.17, 15) is 29.1 Å². The summed E-state index contributed by atoms with van der Waals surface area (Å²) in [6.07, 6.45) is 1.04. The minimum Gasteiger partial charge on any atom is -0.481 e. The maximum atomic E-state index is 13.2. The zero-order valence-corrected chi connectivity index (χ0v) is 21.3. The van der Waals surface area contributed by atoms with E-state index in [0.717, 1.165) is 6.42 Å². The molecule has 0 fully saturated rings. The molecule has 0 radical (unpaired) electrons. The minimum absolute atomic E-state index is 0.0427. The van der Waals surface area contributed by atoms with Crippen LogP contribution in [0.4, 0.5) is 0 Å². The van der Waals surface area contributed by atoms with Crippen LogP contribution in [0.2, 0.25) is 0 Å². The number of carbonyl (C=O) groups excluding carboxylic acids is 3. The Hall–Kier alpha value is -3.51. The lowest BCUT2D eigenvalue weighted by Gasteiger charge is -2.27. The Labute approximate surface area is 216 Å². The van der Waals surface area contributed by atoms with Gasteiger partial charge < -0.3 is 37.6 Å². The predicted molar refractivity (Wildman–Crippen MR) is 136 cm³/mol. The summed E-state index contributed by atoms with van der Waals surface area (Å²) in [6, 6.07) is 4.32. The fourth-order valence-corrected chi connectivity index (χ4v) is 3.55. The number of benzene rings is 1. The van der Waals surface area contributed by atoms with Crippen LogP contribution in [0.5, 0.6) is 0 Å². The average molecular weight is 522 g/mol. The van der Waals surface area contributed by atoms with Crippen LogP contribution in [0.15, 0.2) is 30.3 Å². The van der Waals surface area contributed by atoms with Crippen LogP contribution in [0, 0.1) is 5.92 Å². The van der Waals surface area contributed by atoms with Crippen molar-refractivity contribution in [1.29, 1.82) is 0 Å². The number of hydrogen-bond acceptors (Lipinski definition) is 7. The molecule has 37 heavy (non-hydrogen) atoms. The molecule has 4 atom stereocenters. The highest BCUT2D eigenvalue weighted by molar-refractivity contribution is 5.94. The Morgan fingerprint density at radius 2 is 1.46 bits per heavy atom. The third kappa shape index (κ3) is 11.8. The van der Waals surface area contributed by atoms with Crippen LogP contribution in [0.25, 0.3) is 0 Å². The maximum Gasteiger partial charge on any atom is 0.326 e. The summed E-state index contributed by atoms with van der Waals surface area (Å²) in [4.78, 5) is 61.3. The van der Waals surface area contributed by atoms with Gasteiger partial charge in [-0.3, -0.25) is 19.2 Å². The van der Waals surface area contributed by atoms with Crippen LogP contribution in [-0.4, -0.2) is 70.6 Å². The zero-order chi connectivity index (χ0) is 28.0. The first-order valence-electron chi connectivity index (χ1n) is 12.3. The van der Waals surface area contributed by atoms with Crippen LogP contribution in [0.3, 0.4) is 0 Å². The molecular weight excluding hydrogens is 482 g/mol.